The summed E-state index contributed by atoms with van der Waals surface area (Å²) in [6.07, 6.45) is 4.89. The first kappa shape index (κ1) is 10.2. The van der Waals surface area contributed by atoms with Crippen molar-refractivity contribution in [3.63, 3.8) is 0 Å². The molecule has 50 valence electrons. The van der Waals surface area contributed by atoms with Crippen LogP contribution in [-0.4, -0.2) is 16.6 Å². The average Bonchev–Trinajstić information content (AvgIpc) is 2.34. The molecule has 1 aromatic rings. The van der Waals surface area contributed by atoms with E-state index in [0.717, 1.165) is 12.1 Å². The van der Waals surface area contributed by atoms with Gasteiger partial charge >= 0.3 is 29.6 Å². The van der Waals surface area contributed by atoms with E-state index in [1.165, 1.54) is 0 Å². The summed E-state index contributed by atoms with van der Waals surface area (Å²) in [7, 11) is 0. The van der Waals surface area contributed by atoms with Crippen molar-refractivity contribution in [3.05, 3.63) is 18.2 Å². The molecule has 3 nitrogen and oxygen atoms in total. The third-order valence-electron chi connectivity index (χ3n) is 1.15. The van der Waals surface area contributed by atoms with E-state index in [-0.39, 0.29) is 36.2 Å². The van der Waals surface area contributed by atoms with Gasteiger partial charge in [-0.05, 0) is 6.42 Å². The Balaban J connectivity index is 0.000000810. The van der Waals surface area contributed by atoms with Crippen molar-refractivity contribution in [1.29, 1.82) is 0 Å². The second-order valence-corrected chi connectivity index (χ2v) is 1.88. The molecule has 1 aromatic heterocycles. The number of hydrogen-bond acceptors (Lipinski definition) is 2. The van der Waals surface area contributed by atoms with Crippen LogP contribution < -0.4 is 34.7 Å². The monoisotopic (exact) mass is 148 g/mol. The zero-order chi connectivity index (χ0) is 6.53. The van der Waals surface area contributed by atoms with E-state index >= 15 is 0 Å². The molecule has 0 radical (unpaired) electrons. The van der Waals surface area contributed by atoms with E-state index in [9.17, 15) is 5.11 Å². The molecule has 0 saturated carbocycles. The molecule has 0 unspecified atom stereocenters. The van der Waals surface area contributed by atoms with Crippen molar-refractivity contribution in [2.24, 2.45) is 0 Å². The molecule has 10 heavy (non-hydrogen) atoms. The topological polar surface area (TPSA) is 51.7 Å². The largest absolute Gasteiger partial charge is 1.00 e. The standard InChI is InChI=1S/C6H9N2O.Na/c9-3-1-2-6-4-7-5-8-6;/h4-5H,1-3H2,(H,7,8);/q-1;+1. The number of aromatic amines is 1. The minimum atomic E-state index is -0.000972. The Morgan fingerprint density at radius 2 is 2.40 bits per heavy atom. The molecule has 0 spiro atoms. The Labute approximate surface area is 82.2 Å². The van der Waals surface area contributed by atoms with Gasteiger partial charge in [0, 0.05) is 11.9 Å². The molecule has 0 fully saturated rings. The Kier molecular flexibility index (Phi) is 6.02. The maximum absolute atomic E-state index is 9.99. The average molecular weight is 148 g/mol. The summed E-state index contributed by atoms with van der Waals surface area (Å²) in [6.45, 7) is -0.000972. The maximum atomic E-state index is 9.99. The first-order chi connectivity index (χ1) is 4.43. The second kappa shape index (κ2) is 5.92. The van der Waals surface area contributed by atoms with Crippen molar-refractivity contribution in [1.82, 2.24) is 9.97 Å². The van der Waals surface area contributed by atoms with Crippen molar-refractivity contribution in [3.8, 4) is 0 Å². The Hall–Kier alpha value is 0.170. The van der Waals surface area contributed by atoms with Gasteiger partial charge in [-0.15, -0.1) is 6.61 Å². The molecule has 0 aromatic carbocycles. The Morgan fingerprint density at radius 3 is 2.90 bits per heavy atom. The van der Waals surface area contributed by atoms with Crippen molar-refractivity contribution >= 4 is 0 Å². The van der Waals surface area contributed by atoms with Crippen LogP contribution in [0.25, 0.3) is 0 Å². The SMILES string of the molecule is [Na+].[O-]CCCc1cnc[nH]1. The minimum absolute atomic E-state index is 0. The molecule has 0 atom stereocenters. The molecule has 0 amide bonds. The van der Waals surface area contributed by atoms with Gasteiger partial charge in [0.15, 0.2) is 0 Å². The predicted octanol–water partition coefficient (Wildman–Crippen LogP) is -3.29. The number of nitrogens with zero attached hydrogens (tertiary/aromatic N) is 1. The molecule has 4 heteroatoms. The number of nitrogens with one attached hydrogen (secondary N) is 1. The summed E-state index contributed by atoms with van der Waals surface area (Å²) in [5.41, 5.74) is 1.05. The summed E-state index contributed by atoms with van der Waals surface area (Å²) in [5, 5.41) is 9.99. The summed E-state index contributed by atoms with van der Waals surface area (Å²) >= 11 is 0. The summed E-state index contributed by atoms with van der Waals surface area (Å²) < 4.78 is 0. The number of hydrogen-bond donors (Lipinski definition) is 1. The van der Waals surface area contributed by atoms with Gasteiger partial charge in [-0.3, -0.25) is 0 Å². The van der Waals surface area contributed by atoms with E-state index in [0.29, 0.717) is 6.42 Å². The number of aromatic nitrogens is 2. The van der Waals surface area contributed by atoms with Crippen LogP contribution in [-0.2, 0) is 6.42 Å². The minimum Gasteiger partial charge on any atom is -0.854 e. The van der Waals surface area contributed by atoms with Gasteiger partial charge in [-0.2, -0.15) is 0 Å². The molecule has 1 rings (SSSR count). The fraction of sp³-hybridized carbons (Fsp3) is 0.500. The smallest absolute Gasteiger partial charge is 0.854 e. The summed E-state index contributed by atoms with van der Waals surface area (Å²) in [5.74, 6) is 0. The van der Waals surface area contributed by atoms with Crippen LogP contribution in [0.15, 0.2) is 12.5 Å². The fourth-order valence-electron chi connectivity index (χ4n) is 0.684. The third-order valence-corrected chi connectivity index (χ3v) is 1.15. The van der Waals surface area contributed by atoms with Crippen LogP contribution in [0, 0.1) is 0 Å². The molecule has 1 heterocycles. The molecular weight excluding hydrogens is 139 g/mol. The van der Waals surface area contributed by atoms with E-state index in [4.69, 9.17) is 0 Å². The third kappa shape index (κ3) is 3.37. The molecule has 0 saturated heterocycles. The second-order valence-electron chi connectivity index (χ2n) is 1.88. The number of H-pyrrole nitrogens is 1. The number of aryl methyl sites for hydroxylation is 1. The maximum Gasteiger partial charge on any atom is 1.00 e. The van der Waals surface area contributed by atoms with E-state index < -0.39 is 0 Å². The molecule has 0 aliphatic rings. The normalized spacial score (nSPS) is 8.90. The summed E-state index contributed by atoms with van der Waals surface area (Å²) in [4.78, 5) is 6.74. The van der Waals surface area contributed by atoms with E-state index in [1.807, 2.05) is 0 Å². The van der Waals surface area contributed by atoms with Gasteiger partial charge in [0.25, 0.3) is 0 Å². The first-order valence-corrected chi connectivity index (χ1v) is 2.99. The predicted molar refractivity (Wildman–Crippen MR) is 31.8 cm³/mol. The van der Waals surface area contributed by atoms with E-state index in [2.05, 4.69) is 9.97 Å². The van der Waals surface area contributed by atoms with Crippen LogP contribution in [0.5, 0.6) is 0 Å². The quantitative estimate of drug-likeness (QED) is 0.457. The van der Waals surface area contributed by atoms with Crippen LogP contribution >= 0.6 is 0 Å². The van der Waals surface area contributed by atoms with Crippen LogP contribution in [0.4, 0.5) is 0 Å². The Bertz CT molecular complexity index is 153. The van der Waals surface area contributed by atoms with Gasteiger partial charge in [0.1, 0.15) is 0 Å². The zero-order valence-corrected chi connectivity index (χ0v) is 8.13. The van der Waals surface area contributed by atoms with Gasteiger partial charge in [-0.25, -0.2) is 4.98 Å². The molecule has 0 aliphatic heterocycles. The van der Waals surface area contributed by atoms with E-state index in [1.54, 1.807) is 12.5 Å². The zero-order valence-electron chi connectivity index (χ0n) is 6.13. The van der Waals surface area contributed by atoms with Crippen LogP contribution in [0.2, 0.25) is 0 Å². The Morgan fingerprint density at radius 1 is 1.60 bits per heavy atom. The van der Waals surface area contributed by atoms with Gasteiger partial charge in [0.05, 0.1) is 6.33 Å². The van der Waals surface area contributed by atoms with Crippen molar-refractivity contribution < 1.29 is 34.7 Å². The first-order valence-electron chi connectivity index (χ1n) is 2.99. The van der Waals surface area contributed by atoms with Gasteiger partial charge < -0.3 is 10.1 Å². The van der Waals surface area contributed by atoms with Crippen molar-refractivity contribution in [2.75, 3.05) is 6.61 Å². The molecule has 1 N–H and O–H groups in total. The van der Waals surface area contributed by atoms with Crippen molar-refractivity contribution in [2.45, 2.75) is 12.8 Å². The molecule has 0 bridgehead atoms. The fourth-order valence-corrected chi connectivity index (χ4v) is 0.684. The molecular formula is C6H9N2NaO. The van der Waals surface area contributed by atoms with Gasteiger partial charge in [0.2, 0.25) is 0 Å². The van der Waals surface area contributed by atoms with Crippen LogP contribution in [0.3, 0.4) is 0 Å². The van der Waals surface area contributed by atoms with Gasteiger partial charge in [-0.1, -0.05) is 6.42 Å². The number of imidazole rings is 1. The van der Waals surface area contributed by atoms with Crippen LogP contribution in [0.1, 0.15) is 12.1 Å². The molecule has 0 aliphatic carbocycles. The summed E-state index contributed by atoms with van der Waals surface area (Å²) in [6, 6.07) is 0. The number of rotatable bonds is 3.